The average molecular weight is 473 g/mol. The fraction of sp³-hybridized carbons (Fsp3) is 0.692. The Morgan fingerprint density at radius 3 is 2.35 bits per heavy atom. The molecule has 1 N–H and O–H groups in total. The summed E-state index contributed by atoms with van der Waals surface area (Å²) in [4.78, 5) is 32.2. The average Bonchev–Trinajstić information content (AvgIpc) is 3.19. The minimum atomic E-state index is -0.722. The van der Waals surface area contributed by atoms with E-state index in [4.69, 9.17) is 9.84 Å². The van der Waals surface area contributed by atoms with E-state index in [0.29, 0.717) is 18.9 Å². The third-order valence-electron chi connectivity index (χ3n) is 7.50. The molecule has 0 aromatic heterocycles. The first-order valence-corrected chi connectivity index (χ1v) is 12.9. The molecule has 8 nitrogen and oxygen atoms in total. The third-order valence-corrected chi connectivity index (χ3v) is 7.50. The van der Waals surface area contributed by atoms with Crippen LogP contribution in [0.25, 0.3) is 0 Å². The van der Waals surface area contributed by atoms with Crippen LogP contribution in [0.1, 0.15) is 37.7 Å². The van der Waals surface area contributed by atoms with Crippen LogP contribution in [0.2, 0.25) is 0 Å². The van der Waals surface area contributed by atoms with E-state index in [9.17, 15) is 9.59 Å². The maximum atomic E-state index is 12.4. The van der Waals surface area contributed by atoms with E-state index in [1.54, 1.807) is 0 Å². The van der Waals surface area contributed by atoms with Crippen molar-refractivity contribution in [3.05, 3.63) is 35.9 Å². The summed E-state index contributed by atoms with van der Waals surface area (Å²) in [7, 11) is 0. The number of aliphatic carboxylic acids is 1. The van der Waals surface area contributed by atoms with Gasteiger partial charge >= 0.3 is 12.1 Å². The zero-order valence-corrected chi connectivity index (χ0v) is 20.3. The molecule has 3 fully saturated rings. The van der Waals surface area contributed by atoms with Crippen molar-refractivity contribution >= 4 is 12.1 Å². The van der Waals surface area contributed by atoms with Gasteiger partial charge in [-0.25, -0.2) is 4.79 Å². The first kappa shape index (κ1) is 24.9. The van der Waals surface area contributed by atoms with Crippen LogP contribution >= 0.6 is 0 Å². The molecule has 3 aliphatic heterocycles. The molecule has 1 atom stereocenters. The van der Waals surface area contributed by atoms with Gasteiger partial charge in [-0.1, -0.05) is 30.3 Å². The molecule has 3 saturated heterocycles. The summed E-state index contributed by atoms with van der Waals surface area (Å²) in [6.45, 7) is 10.2. The van der Waals surface area contributed by atoms with Crippen molar-refractivity contribution in [2.75, 3.05) is 65.4 Å². The fourth-order valence-electron chi connectivity index (χ4n) is 5.40. The van der Waals surface area contributed by atoms with Gasteiger partial charge in [0.15, 0.2) is 0 Å². The number of carbonyl (C=O) groups is 2. The molecular formula is C26H40N4O4. The summed E-state index contributed by atoms with van der Waals surface area (Å²) < 4.78 is 5.68. The van der Waals surface area contributed by atoms with E-state index in [1.165, 1.54) is 18.4 Å². The van der Waals surface area contributed by atoms with Gasteiger partial charge in [0.1, 0.15) is 6.10 Å². The molecule has 1 aromatic carbocycles. The molecule has 0 saturated carbocycles. The number of amides is 1. The van der Waals surface area contributed by atoms with Crippen LogP contribution in [0.5, 0.6) is 0 Å². The summed E-state index contributed by atoms with van der Waals surface area (Å²) in [6.07, 6.45) is 4.22. The van der Waals surface area contributed by atoms with Crippen molar-refractivity contribution < 1.29 is 19.4 Å². The van der Waals surface area contributed by atoms with Gasteiger partial charge in [-0.2, -0.15) is 0 Å². The van der Waals surface area contributed by atoms with E-state index in [0.717, 1.165) is 71.9 Å². The summed E-state index contributed by atoms with van der Waals surface area (Å²) in [5, 5.41) is 8.79. The van der Waals surface area contributed by atoms with Crippen LogP contribution < -0.4 is 0 Å². The number of likely N-dealkylation sites (tertiary alicyclic amines) is 1. The number of carboxylic acids is 1. The highest BCUT2D eigenvalue weighted by Gasteiger charge is 2.33. The SMILES string of the molecule is O=C(O)CCCN1CCN(CC2CN(CCC3CCN(Cc4ccccc4)CC3)C(=O)O2)CC1. The predicted molar refractivity (Wildman–Crippen MR) is 131 cm³/mol. The molecule has 3 aliphatic rings. The molecule has 34 heavy (non-hydrogen) atoms. The van der Waals surface area contributed by atoms with Crippen molar-refractivity contribution in [2.24, 2.45) is 5.92 Å². The second-order valence-electron chi connectivity index (χ2n) is 10.1. The van der Waals surface area contributed by atoms with Crippen LogP contribution in [-0.4, -0.2) is 108 Å². The maximum absolute atomic E-state index is 12.4. The van der Waals surface area contributed by atoms with E-state index in [-0.39, 0.29) is 18.6 Å². The topological polar surface area (TPSA) is 76.6 Å². The molecule has 0 aliphatic carbocycles. The lowest BCUT2D eigenvalue weighted by molar-refractivity contribution is -0.137. The largest absolute Gasteiger partial charge is 0.481 e. The number of piperazine rings is 1. The van der Waals surface area contributed by atoms with E-state index >= 15 is 0 Å². The van der Waals surface area contributed by atoms with Crippen LogP contribution in [0.4, 0.5) is 4.79 Å². The minimum Gasteiger partial charge on any atom is -0.481 e. The van der Waals surface area contributed by atoms with Gasteiger partial charge in [-0.05, 0) is 56.8 Å². The lowest BCUT2D eigenvalue weighted by Gasteiger charge is -2.35. The fourth-order valence-corrected chi connectivity index (χ4v) is 5.40. The Balaban J connectivity index is 1.09. The lowest BCUT2D eigenvalue weighted by Crippen LogP contribution is -2.49. The molecule has 0 radical (unpaired) electrons. The summed E-state index contributed by atoms with van der Waals surface area (Å²) in [6, 6.07) is 10.7. The molecule has 1 aromatic rings. The van der Waals surface area contributed by atoms with Crippen molar-refractivity contribution in [3.63, 3.8) is 0 Å². The Kier molecular flexibility index (Phi) is 9.18. The quantitative estimate of drug-likeness (QED) is 0.531. The number of nitrogens with zero attached hydrogens (tertiary/aromatic N) is 4. The number of hydrogen-bond acceptors (Lipinski definition) is 6. The lowest BCUT2D eigenvalue weighted by atomic mass is 9.93. The highest BCUT2D eigenvalue weighted by molar-refractivity contribution is 5.69. The Morgan fingerprint density at radius 2 is 1.65 bits per heavy atom. The van der Waals surface area contributed by atoms with Crippen LogP contribution in [0.3, 0.4) is 0 Å². The van der Waals surface area contributed by atoms with Gasteiger partial charge < -0.3 is 19.6 Å². The molecule has 8 heteroatoms. The second-order valence-corrected chi connectivity index (χ2v) is 10.1. The summed E-state index contributed by atoms with van der Waals surface area (Å²) in [5.74, 6) is -0.0344. The Bertz CT molecular complexity index is 776. The monoisotopic (exact) mass is 472 g/mol. The van der Waals surface area contributed by atoms with Crippen molar-refractivity contribution in [1.29, 1.82) is 0 Å². The number of rotatable bonds is 11. The number of ether oxygens (including phenoxy) is 1. The number of carboxylic acid groups (broad SMARTS) is 1. The van der Waals surface area contributed by atoms with Gasteiger partial charge in [0.05, 0.1) is 6.54 Å². The van der Waals surface area contributed by atoms with Crippen molar-refractivity contribution in [2.45, 2.75) is 44.8 Å². The smallest absolute Gasteiger partial charge is 0.410 e. The van der Waals surface area contributed by atoms with E-state index in [1.807, 2.05) is 4.90 Å². The number of hydrogen-bond donors (Lipinski definition) is 1. The highest BCUT2D eigenvalue weighted by Crippen LogP contribution is 2.23. The second kappa shape index (κ2) is 12.5. The molecule has 0 bridgehead atoms. The van der Waals surface area contributed by atoms with Crippen molar-refractivity contribution in [1.82, 2.24) is 19.6 Å². The summed E-state index contributed by atoms with van der Waals surface area (Å²) in [5.41, 5.74) is 1.38. The Morgan fingerprint density at radius 1 is 0.941 bits per heavy atom. The highest BCUT2D eigenvalue weighted by atomic mass is 16.6. The number of piperidine rings is 1. The first-order chi connectivity index (χ1) is 16.5. The Hall–Kier alpha value is -2.16. The van der Waals surface area contributed by atoms with Crippen LogP contribution in [0.15, 0.2) is 30.3 Å². The van der Waals surface area contributed by atoms with Crippen LogP contribution in [0, 0.1) is 5.92 Å². The normalized spacial score (nSPS) is 23.4. The van der Waals surface area contributed by atoms with Crippen molar-refractivity contribution in [3.8, 4) is 0 Å². The van der Waals surface area contributed by atoms with E-state index < -0.39 is 5.97 Å². The Labute approximate surface area is 203 Å². The van der Waals surface area contributed by atoms with Gasteiger partial charge in [-0.3, -0.25) is 14.6 Å². The first-order valence-electron chi connectivity index (χ1n) is 12.9. The molecular weight excluding hydrogens is 432 g/mol. The number of cyclic esters (lactones) is 1. The van der Waals surface area contributed by atoms with E-state index in [2.05, 4.69) is 45.0 Å². The van der Waals surface area contributed by atoms with Gasteiger partial charge in [0, 0.05) is 52.2 Å². The third kappa shape index (κ3) is 7.68. The van der Waals surface area contributed by atoms with Gasteiger partial charge in [0.2, 0.25) is 0 Å². The maximum Gasteiger partial charge on any atom is 0.410 e. The zero-order chi connectivity index (χ0) is 23.8. The number of carbonyl (C=O) groups excluding carboxylic acids is 1. The van der Waals surface area contributed by atoms with Gasteiger partial charge in [-0.15, -0.1) is 0 Å². The number of benzene rings is 1. The molecule has 3 heterocycles. The minimum absolute atomic E-state index is 0.0428. The molecule has 1 unspecified atom stereocenters. The van der Waals surface area contributed by atoms with Gasteiger partial charge in [0.25, 0.3) is 0 Å². The summed E-state index contributed by atoms with van der Waals surface area (Å²) >= 11 is 0. The molecule has 188 valence electrons. The standard InChI is InChI=1S/C26H40N4O4/c31-25(32)7-4-11-27-15-17-29(18-16-27)20-24-21-30(26(33)34-24)14-10-22-8-12-28(13-9-22)19-23-5-2-1-3-6-23/h1-3,5-6,22,24H,4,7-21H2,(H,31,32). The molecule has 1 amide bonds. The molecule has 4 rings (SSSR count). The van der Waals surface area contributed by atoms with Crippen LogP contribution in [-0.2, 0) is 16.1 Å². The zero-order valence-electron chi connectivity index (χ0n) is 20.3. The predicted octanol–water partition coefficient (Wildman–Crippen LogP) is 2.59. The molecule has 0 spiro atoms.